The molecule has 2 aromatic carbocycles. The number of ether oxygens (including phenoxy) is 1. The first kappa shape index (κ1) is 15.8. The predicted octanol–water partition coefficient (Wildman–Crippen LogP) is 2.82. The largest absolute Gasteiger partial charge is 0.469 e. The number of benzene rings is 2. The molecule has 0 aromatic heterocycles. The lowest BCUT2D eigenvalue weighted by atomic mass is 10.00. The Kier molecular flexibility index (Phi) is 5.31. The number of nitrogens with one attached hydrogen (secondary N) is 1. The molecule has 2 aromatic rings. The number of methoxy groups -OCH3 is 1. The van der Waals surface area contributed by atoms with Crippen LogP contribution in [-0.2, 0) is 16.0 Å². The Morgan fingerprint density at radius 3 is 2.41 bits per heavy atom. The summed E-state index contributed by atoms with van der Waals surface area (Å²) in [4.78, 5) is 23.3. The summed E-state index contributed by atoms with van der Waals surface area (Å²) in [5.74, 6) is -0.358. The Bertz CT molecular complexity index is 680. The predicted molar refractivity (Wildman–Crippen MR) is 85.6 cm³/mol. The second-order valence-corrected chi connectivity index (χ2v) is 4.89. The van der Waals surface area contributed by atoms with Crippen molar-refractivity contribution in [2.24, 2.45) is 0 Å². The van der Waals surface area contributed by atoms with E-state index < -0.39 is 0 Å². The quantitative estimate of drug-likeness (QED) is 0.863. The molecule has 0 aliphatic heterocycles. The summed E-state index contributed by atoms with van der Waals surface area (Å²) in [5.41, 5.74) is 3.41. The van der Waals surface area contributed by atoms with E-state index in [0.717, 1.165) is 16.7 Å². The lowest BCUT2D eigenvalue weighted by Crippen LogP contribution is -2.22. The molecule has 1 amide bonds. The van der Waals surface area contributed by atoms with E-state index in [1.807, 2.05) is 49.4 Å². The molecule has 0 unspecified atom stereocenters. The molecule has 22 heavy (non-hydrogen) atoms. The molecular weight excluding hydrogens is 278 g/mol. The second-order valence-electron chi connectivity index (χ2n) is 4.89. The van der Waals surface area contributed by atoms with Gasteiger partial charge >= 0.3 is 5.97 Å². The van der Waals surface area contributed by atoms with Gasteiger partial charge in [0.1, 0.15) is 0 Å². The highest BCUT2D eigenvalue weighted by atomic mass is 16.5. The molecule has 0 aliphatic carbocycles. The van der Waals surface area contributed by atoms with Crippen molar-refractivity contribution in [1.29, 1.82) is 0 Å². The van der Waals surface area contributed by atoms with E-state index >= 15 is 0 Å². The zero-order chi connectivity index (χ0) is 15.9. The number of esters is 1. The highest BCUT2D eigenvalue weighted by Gasteiger charge is 2.08. The minimum atomic E-state index is -0.270. The van der Waals surface area contributed by atoms with Crippen LogP contribution < -0.4 is 5.32 Å². The Morgan fingerprint density at radius 2 is 1.73 bits per heavy atom. The molecule has 0 radical (unpaired) electrons. The van der Waals surface area contributed by atoms with Crippen LogP contribution in [0.4, 0.5) is 0 Å². The SMILES string of the molecule is CCNC(=O)c1cccc(-c2cccc(CC(=O)OC)c2)c1. The molecule has 0 fully saturated rings. The van der Waals surface area contributed by atoms with Crippen molar-refractivity contribution >= 4 is 11.9 Å². The van der Waals surface area contributed by atoms with Gasteiger partial charge in [0.15, 0.2) is 0 Å². The van der Waals surface area contributed by atoms with Gasteiger partial charge in [-0.25, -0.2) is 0 Å². The molecule has 0 heterocycles. The zero-order valence-electron chi connectivity index (χ0n) is 12.8. The molecule has 0 saturated carbocycles. The van der Waals surface area contributed by atoms with Gasteiger partial charge in [-0.05, 0) is 35.7 Å². The van der Waals surface area contributed by atoms with E-state index in [1.165, 1.54) is 7.11 Å². The fraction of sp³-hybridized carbons (Fsp3) is 0.222. The lowest BCUT2D eigenvalue weighted by Gasteiger charge is -2.07. The normalized spacial score (nSPS) is 10.1. The van der Waals surface area contributed by atoms with Crippen LogP contribution in [-0.4, -0.2) is 25.5 Å². The zero-order valence-corrected chi connectivity index (χ0v) is 12.8. The van der Waals surface area contributed by atoms with E-state index in [1.54, 1.807) is 6.07 Å². The standard InChI is InChI=1S/C18H19NO3/c1-3-19-18(21)16-9-5-8-15(12-16)14-7-4-6-13(10-14)11-17(20)22-2/h4-10,12H,3,11H2,1-2H3,(H,19,21). The molecule has 4 nitrogen and oxygen atoms in total. The molecule has 0 atom stereocenters. The van der Waals surface area contributed by atoms with Gasteiger partial charge < -0.3 is 10.1 Å². The number of hydrogen-bond acceptors (Lipinski definition) is 3. The molecule has 0 aliphatic rings. The van der Waals surface area contributed by atoms with Crippen LogP contribution in [0.1, 0.15) is 22.8 Å². The number of hydrogen-bond donors (Lipinski definition) is 1. The third-order valence-electron chi connectivity index (χ3n) is 3.30. The second kappa shape index (κ2) is 7.41. The van der Waals surface area contributed by atoms with Crippen molar-refractivity contribution in [2.45, 2.75) is 13.3 Å². The summed E-state index contributed by atoms with van der Waals surface area (Å²) < 4.78 is 4.69. The molecule has 2 rings (SSSR count). The lowest BCUT2D eigenvalue weighted by molar-refractivity contribution is -0.139. The fourth-order valence-corrected chi connectivity index (χ4v) is 2.20. The Labute approximate surface area is 130 Å². The molecule has 1 N–H and O–H groups in total. The Balaban J connectivity index is 2.28. The summed E-state index contributed by atoms with van der Waals surface area (Å²) >= 11 is 0. The van der Waals surface area contributed by atoms with Gasteiger partial charge in [0.2, 0.25) is 0 Å². The highest BCUT2D eigenvalue weighted by Crippen LogP contribution is 2.22. The summed E-state index contributed by atoms with van der Waals surface area (Å²) in [6.07, 6.45) is 0.236. The van der Waals surface area contributed by atoms with Crippen LogP contribution in [0.5, 0.6) is 0 Å². The maximum Gasteiger partial charge on any atom is 0.309 e. The Hall–Kier alpha value is -2.62. The molecule has 0 spiro atoms. The fourth-order valence-electron chi connectivity index (χ4n) is 2.20. The van der Waals surface area contributed by atoms with E-state index in [0.29, 0.717) is 12.1 Å². The van der Waals surface area contributed by atoms with Gasteiger partial charge in [-0.15, -0.1) is 0 Å². The van der Waals surface area contributed by atoms with Crippen molar-refractivity contribution in [3.8, 4) is 11.1 Å². The summed E-state index contributed by atoms with van der Waals surface area (Å²) in [5, 5.41) is 2.79. The number of carbonyl (C=O) groups is 2. The summed E-state index contributed by atoms with van der Waals surface area (Å²) in [7, 11) is 1.38. The average Bonchev–Trinajstić information content (AvgIpc) is 2.55. The van der Waals surface area contributed by atoms with Crippen molar-refractivity contribution < 1.29 is 14.3 Å². The maximum atomic E-state index is 11.9. The Morgan fingerprint density at radius 1 is 1.05 bits per heavy atom. The molecule has 114 valence electrons. The van der Waals surface area contributed by atoms with Gasteiger partial charge in [-0.3, -0.25) is 9.59 Å². The maximum absolute atomic E-state index is 11.9. The minimum absolute atomic E-state index is 0.0879. The number of amides is 1. The van der Waals surface area contributed by atoms with Crippen LogP contribution in [0.25, 0.3) is 11.1 Å². The molecule has 0 bridgehead atoms. The summed E-state index contributed by atoms with van der Waals surface area (Å²) in [6.45, 7) is 2.48. The molecular formula is C18H19NO3. The first-order valence-electron chi connectivity index (χ1n) is 7.18. The van der Waals surface area contributed by atoms with Gasteiger partial charge in [-0.2, -0.15) is 0 Å². The van der Waals surface area contributed by atoms with E-state index in [-0.39, 0.29) is 18.3 Å². The van der Waals surface area contributed by atoms with Crippen molar-refractivity contribution in [3.05, 3.63) is 59.7 Å². The third-order valence-corrected chi connectivity index (χ3v) is 3.30. The highest BCUT2D eigenvalue weighted by molar-refractivity contribution is 5.95. The average molecular weight is 297 g/mol. The van der Waals surface area contributed by atoms with E-state index in [9.17, 15) is 9.59 Å². The smallest absolute Gasteiger partial charge is 0.309 e. The van der Waals surface area contributed by atoms with Crippen molar-refractivity contribution in [2.75, 3.05) is 13.7 Å². The van der Waals surface area contributed by atoms with Crippen LogP contribution >= 0.6 is 0 Å². The number of carbonyl (C=O) groups excluding carboxylic acids is 2. The van der Waals surface area contributed by atoms with Crippen molar-refractivity contribution in [1.82, 2.24) is 5.32 Å². The summed E-state index contributed by atoms with van der Waals surface area (Å²) in [6, 6.07) is 15.1. The monoisotopic (exact) mass is 297 g/mol. The van der Waals surface area contributed by atoms with E-state index in [2.05, 4.69) is 10.1 Å². The van der Waals surface area contributed by atoms with Gasteiger partial charge in [0, 0.05) is 12.1 Å². The van der Waals surface area contributed by atoms with Crippen LogP contribution in [0.3, 0.4) is 0 Å². The van der Waals surface area contributed by atoms with Crippen molar-refractivity contribution in [3.63, 3.8) is 0 Å². The van der Waals surface area contributed by atoms with Crippen LogP contribution in [0.2, 0.25) is 0 Å². The minimum Gasteiger partial charge on any atom is -0.469 e. The number of rotatable bonds is 5. The first-order chi connectivity index (χ1) is 10.6. The van der Waals surface area contributed by atoms with Crippen LogP contribution in [0.15, 0.2) is 48.5 Å². The van der Waals surface area contributed by atoms with Crippen LogP contribution in [0, 0.1) is 0 Å². The topological polar surface area (TPSA) is 55.4 Å². The van der Waals surface area contributed by atoms with Gasteiger partial charge in [0.05, 0.1) is 13.5 Å². The molecule has 0 saturated heterocycles. The third kappa shape index (κ3) is 3.95. The van der Waals surface area contributed by atoms with Gasteiger partial charge in [0.25, 0.3) is 5.91 Å². The van der Waals surface area contributed by atoms with Gasteiger partial charge in [-0.1, -0.05) is 36.4 Å². The van der Waals surface area contributed by atoms with E-state index in [4.69, 9.17) is 0 Å². The molecule has 4 heteroatoms. The first-order valence-corrected chi connectivity index (χ1v) is 7.18.